The third kappa shape index (κ3) is 1.78. The van der Waals surface area contributed by atoms with Crippen LogP contribution in [0.4, 0.5) is 0 Å². The molecular weight excluding hydrogens is 214 g/mol. The van der Waals surface area contributed by atoms with Crippen LogP contribution in [0.3, 0.4) is 0 Å². The first-order valence-corrected chi connectivity index (χ1v) is 4.76. The molecule has 0 bridgehead atoms. The third-order valence-corrected chi connectivity index (χ3v) is 2.42. The van der Waals surface area contributed by atoms with Crippen molar-refractivity contribution in [2.24, 2.45) is 0 Å². The van der Waals surface area contributed by atoms with E-state index in [-0.39, 0.29) is 5.56 Å². The highest BCUT2D eigenvalue weighted by molar-refractivity contribution is 6.35. The fourth-order valence-electron chi connectivity index (χ4n) is 1.41. The number of nitrogens with zero attached hydrogens (tertiary/aromatic N) is 1. The molecule has 1 heterocycles. The van der Waals surface area contributed by atoms with E-state index in [4.69, 9.17) is 16.7 Å². The van der Waals surface area contributed by atoms with E-state index in [1.165, 1.54) is 6.07 Å². The van der Waals surface area contributed by atoms with Gasteiger partial charge in [-0.2, -0.15) is 0 Å². The molecule has 2 rings (SSSR count). The number of halogens is 1. The third-order valence-electron chi connectivity index (χ3n) is 2.13. The zero-order chi connectivity index (χ0) is 11.0. The van der Waals surface area contributed by atoms with Crippen LogP contribution in [0.2, 0.25) is 5.02 Å². The Hall–Kier alpha value is -1.61. The lowest BCUT2D eigenvalue weighted by molar-refractivity contribution is 0.0697. The van der Waals surface area contributed by atoms with Crippen molar-refractivity contribution in [2.75, 3.05) is 0 Å². The van der Waals surface area contributed by atoms with E-state index >= 15 is 0 Å². The number of aryl methyl sites for hydroxylation is 1. The Bertz CT molecular complexity index is 552. The van der Waals surface area contributed by atoms with Gasteiger partial charge >= 0.3 is 5.97 Å². The van der Waals surface area contributed by atoms with E-state index in [1.54, 1.807) is 6.07 Å². The fraction of sp³-hybridized carbons (Fsp3) is 0.0909. The summed E-state index contributed by atoms with van der Waals surface area (Å²) in [6.45, 7) is 1.86. The lowest BCUT2D eigenvalue weighted by Gasteiger charge is -2.03. The van der Waals surface area contributed by atoms with Crippen molar-refractivity contribution in [3.8, 4) is 0 Å². The lowest BCUT2D eigenvalue weighted by Crippen LogP contribution is -1.96. The number of pyridine rings is 1. The van der Waals surface area contributed by atoms with Crippen molar-refractivity contribution >= 4 is 28.5 Å². The van der Waals surface area contributed by atoms with E-state index < -0.39 is 5.97 Å². The predicted octanol–water partition coefficient (Wildman–Crippen LogP) is 2.89. The number of carboxylic acids is 1. The zero-order valence-electron chi connectivity index (χ0n) is 7.99. The second-order valence-corrected chi connectivity index (χ2v) is 3.69. The van der Waals surface area contributed by atoms with Gasteiger partial charge in [0.05, 0.1) is 16.1 Å². The minimum atomic E-state index is -0.987. The smallest absolute Gasteiger partial charge is 0.335 e. The van der Waals surface area contributed by atoms with Crippen LogP contribution in [-0.2, 0) is 0 Å². The summed E-state index contributed by atoms with van der Waals surface area (Å²) in [4.78, 5) is 15.0. The number of hydrogen-bond acceptors (Lipinski definition) is 2. The molecule has 15 heavy (non-hydrogen) atoms. The molecule has 76 valence electrons. The summed E-state index contributed by atoms with van der Waals surface area (Å²) in [6.07, 6.45) is 0. The summed E-state index contributed by atoms with van der Waals surface area (Å²) in [7, 11) is 0. The van der Waals surface area contributed by atoms with Crippen LogP contribution >= 0.6 is 11.6 Å². The number of fused-ring (bicyclic) bond motifs is 1. The Labute approximate surface area is 91.3 Å². The first-order valence-electron chi connectivity index (χ1n) is 4.38. The molecule has 3 nitrogen and oxygen atoms in total. The van der Waals surface area contributed by atoms with E-state index in [0.717, 1.165) is 11.1 Å². The van der Waals surface area contributed by atoms with E-state index in [2.05, 4.69) is 4.98 Å². The molecule has 2 aromatic rings. The quantitative estimate of drug-likeness (QED) is 0.806. The standard InChI is InChI=1S/C11H8ClNO2/c1-6-2-3-7-4-8(11(14)15)5-9(12)10(7)13-6/h2-5H,1H3,(H,14,15). The van der Waals surface area contributed by atoms with Crippen molar-refractivity contribution in [3.05, 3.63) is 40.5 Å². The number of hydrogen-bond donors (Lipinski definition) is 1. The van der Waals surface area contributed by atoms with Crippen molar-refractivity contribution in [1.29, 1.82) is 0 Å². The van der Waals surface area contributed by atoms with Crippen LogP contribution < -0.4 is 0 Å². The Kier molecular flexibility index (Phi) is 2.32. The van der Waals surface area contributed by atoms with Gasteiger partial charge in [-0.3, -0.25) is 4.98 Å². The minimum Gasteiger partial charge on any atom is -0.478 e. The number of benzene rings is 1. The number of aromatic nitrogens is 1. The van der Waals surface area contributed by atoms with Crippen molar-refractivity contribution in [3.63, 3.8) is 0 Å². The maximum Gasteiger partial charge on any atom is 0.335 e. The average Bonchev–Trinajstić information content (AvgIpc) is 2.18. The Morgan fingerprint density at radius 1 is 1.40 bits per heavy atom. The molecule has 0 amide bonds. The maximum absolute atomic E-state index is 10.8. The molecule has 1 N–H and O–H groups in total. The summed E-state index contributed by atoms with van der Waals surface area (Å²) in [5, 5.41) is 9.95. The van der Waals surface area contributed by atoms with Gasteiger partial charge in [-0.05, 0) is 25.1 Å². The molecule has 0 aliphatic rings. The molecule has 0 aliphatic carbocycles. The molecule has 0 spiro atoms. The van der Waals surface area contributed by atoms with Gasteiger partial charge in [-0.1, -0.05) is 17.7 Å². The number of carbonyl (C=O) groups is 1. The molecule has 0 aliphatic heterocycles. The second kappa shape index (κ2) is 3.51. The molecular formula is C11H8ClNO2. The molecule has 0 fully saturated rings. The summed E-state index contributed by atoms with van der Waals surface area (Å²) in [6, 6.07) is 6.62. The average molecular weight is 222 g/mol. The highest BCUT2D eigenvalue weighted by atomic mass is 35.5. The van der Waals surface area contributed by atoms with E-state index in [9.17, 15) is 4.79 Å². The van der Waals surface area contributed by atoms with Gasteiger partial charge in [0.1, 0.15) is 0 Å². The van der Waals surface area contributed by atoms with E-state index in [0.29, 0.717) is 10.5 Å². The normalized spacial score (nSPS) is 10.5. The van der Waals surface area contributed by atoms with Crippen molar-refractivity contribution in [2.45, 2.75) is 6.92 Å². The highest BCUT2D eigenvalue weighted by Crippen LogP contribution is 2.24. The minimum absolute atomic E-state index is 0.179. The molecule has 4 heteroatoms. The summed E-state index contributed by atoms with van der Waals surface area (Å²) < 4.78 is 0. The number of rotatable bonds is 1. The van der Waals surface area contributed by atoms with Gasteiger partial charge in [0.25, 0.3) is 0 Å². The monoisotopic (exact) mass is 221 g/mol. The van der Waals surface area contributed by atoms with Gasteiger partial charge in [0, 0.05) is 11.1 Å². The molecule has 0 atom stereocenters. The largest absolute Gasteiger partial charge is 0.478 e. The zero-order valence-corrected chi connectivity index (χ0v) is 8.75. The van der Waals surface area contributed by atoms with Crippen LogP contribution in [0.1, 0.15) is 16.1 Å². The number of aromatic carboxylic acids is 1. The fourth-order valence-corrected chi connectivity index (χ4v) is 1.68. The van der Waals surface area contributed by atoms with Crippen molar-refractivity contribution in [1.82, 2.24) is 4.98 Å². The lowest BCUT2D eigenvalue weighted by atomic mass is 10.1. The van der Waals surface area contributed by atoms with Crippen LogP contribution in [0, 0.1) is 6.92 Å². The van der Waals surface area contributed by atoms with Gasteiger partial charge in [-0.25, -0.2) is 4.79 Å². The van der Waals surface area contributed by atoms with Crippen LogP contribution in [-0.4, -0.2) is 16.1 Å². The summed E-state index contributed by atoms with van der Waals surface area (Å²) >= 11 is 5.95. The molecule has 0 unspecified atom stereocenters. The first kappa shape index (κ1) is 9.93. The first-order chi connectivity index (χ1) is 7.08. The Morgan fingerprint density at radius 2 is 2.13 bits per heavy atom. The molecule has 1 aromatic carbocycles. The predicted molar refractivity (Wildman–Crippen MR) is 58.4 cm³/mol. The SMILES string of the molecule is Cc1ccc2cc(C(=O)O)cc(Cl)c2n1. The van der Waals surface area contributed by atoms with E-state index in [1.807, 2.05) is 19.1 Å². The topological polar surface area (TPSA) is 50.2 Å². The van der Waals surface area contributed by atoms with Gasteiger partial charge < -0.3 is 5.11 Å². The van der Waals surface area contributed by atoms with Crippen LogP contribution in [0.25, 0.3) is 10.9 Å². The maximum atomic E-state index is 10.8. The second-order valence-electron chi connectivity index (χ2n) is 3.29. The number of carboxylic acid groups (broad SMARTS) is 1. The molecule has 0 radical (unpaired) electrons. The summed E-state index contributed by atoms with van der Waals surface area (Å²) in [5.74, 6) is -0.987. The molecule has 0 saturated heterocycles. The van der Waals surface area contributed by atoms with Crippen molar-refractivity contribution < 1.29 is 9.90 Å². The van der Waals surface area contributed by atoms with Crippen LogP contribution in [0.5, 0.6) is 0 Å². The molecule has 1 aromatic heterocycles. The summed E-state index contributed by atoms with van der Waals surface area (Å²) in [5.41, 5.74) is 1.67. The van der Waals surface area contributed by atoms with Gasteiger partial charge in [0.15, 0.2) is 0 Å². The van der Waals surface area contributed by atoms with Crippen LogP contribution in [0.15, 0.2) is 24.3 Å². The van der Waals surface area contributed by atoms with Gasteiger partial charge in [0.2, 0.25) is 0 Å². The Morgan fingerprint density at radius 3 is 2.80 bits per heavy atom. The highest BCUT2D eigenvalue weighted by Gasteiger charge is 2.08. The van der Waals surface area contributed by atoms with Gasteiger partial charge in [-0.15, -0.1) is 0 Å². The molecule has 0 saturated carbocycles. The Balaban J connectivity index is 2.78.